The molecule has 0 aromatic heterocycles. The van der Waals surface area contributed by atoms with Crippen LogP contribution in [-0.4, -0.2) is 17.1 Å². The van der Waals surface area contributed by atoms with Gasteiger partial charge in [0.1, 0.15) is 11.9 Å². The molecule has 0 heterocycles. The summed E-state index contributed by atoms with van der Waals surface area (Å²) in [5, 5.41) is 11.0. The second-order valence-electron chi connectivity index (χ2n) is 3.84. The molecule has 0 aliphatic carbocycles. The van der Waals surface area contributed by atoms with Crippen molar-refractivity contribution in [1.29, 1.82) is 0 Å². The predicted molar refractivity (Wildman–Crippen MR) is 59.0 cm³/mol. The van der Waals surface area contributed by atoms with E-state index in [9.17, 15) is 22.0 Å². The lowest BCUT2D eigenvalue weighted by atomic mass is 10.2. The number of hydrogen-bond donors (Lipinski definition) is 2. The summed E-state index contributed by atoms with van der Waals surface area (Å²) in [6.07, 6.45) is -1.12. The third-order valence-electron chi connectivity index (χ3n) is 2.47. The molecule has 0 bridgehead atoms. The van der Waals surface area contributed by atoms with Gasteiger partial charge in [0.05, 0.1) is 0 Å². The molecule has 0 amide bonds. The molecule has 0 radical (unpaired) electrons. The van der Waals surface area contributed by atoms with Crippen LogP contribution in [-0.2, 0) is 0 Å². The maximum Gasteiger partial charge on any atom is 0.207 e. The van der Waals surface area contributed by atoms with Gasteiger partial charge in [-0.05, 0) is 6.42 Å². The molecule has 1 rings (SSSR count). The number of nitrogens with zero attached hydrogens (tertiary/aromatic N) is 1. The molecule has 1 aromatic rings. The molecule has 1 unspecified atom stereocenters. The topological polar surface area (TPSA) is 67.8 Å². The minimum Gasteiger partial charge on any atom is -0.484 e. The van der Waals surface area contributed by atoms with Crippen LogP contribution < -0.4 is 10.5 Å². The third kappa shape index (κ3) is 3.09. The van der Waals surface area contributed by atoms with Gasteiger partial charge in [-0.3, -0.25) is 0 Å². The van der Waals surface area contributed by atoms with Crippen molar-refractivity contribution in [2.75, 3.05) is 0 Å². The molecule has 112 valence electrons. The van der Waals surface area contributed by atoms with Crippen LogP contribution in [0.2, 0.25) is 0 Å². The van der Waals surface area contributed by atoms with E-state index in [1.165, 1.54) is 6.92 Å². The van der Waals surface area contributed by atoms with Crippen molar-refractivity contribution in [3.8, 4) is 5.75 Å². The minimum atomic E-state index is -2.27. The van der Waals surface area contributed by atoms with E-state index in [1.54, 1.807) is 0 Å². The van der Waals surface area contributed by atoms with Crippen molar-refractivity contribution in [2.24, 2.45) is 10.9 Å². The number of halogens is 5. The van der Waals surface area contributed by atoms with Crippen LogP contribution in [0.25, 0.3) is 0 Å². The summed E-state index contributed by atoms with van der Waals surface area (Å²) in [4.78, 5) is 0. The highest BCUT2D eigenvalue weighted by atomic mass is 19.2. The summed E-state index contributed by atoms with van der Waals surface area (Å²) >= 11 is 0. The largest absolute Gasteiger partial charge is 0.484 e. The van der Waals surface area contributed by atoms with Gasteiger partial charge < -0.3 is 15.7 Å². The third-order valence-corrected chi connectivity index (χ3v) is 2.47. The van der Waals surface area contributed by atoms with Crippen LogP contribution in [0.1, 0.15) is 19.8 Å². The fourth-order valence-corrected chi connectivity index (χ4v) is 1.40. The Bertz CT molecular complexity index is 507. The Morgan fingerprint density at radius 1 is 1.10 bits per heavy atom. The van der Waals surface area contributed by atoms with E-state index in [0.717, 1.165) is 0 Å². The lowest BCUT2D eigenvalue weighted by Gasteiger charge is -2.18. The van der Waals surface area contributed by atoms with E-state index >= 15 is 0 Å². The van der Waals surface area contributed by atoms with Gasteiger partial charge in [-0.25, -0.2) is 13.2 Å². The van der Waals surface area contributed by atoms with Gasteiger partial charge in [-0.1, -0.05) is 12.1 Å². The molecule has 0 fully saturated rings. The summed E-state index contributed by atoms with van der Waals surface area (Å²) in [5.74, 6) is -12.3. The van der Waals surface area contributed by atoms with Crippen LogP contribution in [0.4, 0.5) is 22.0 Å². The fraction of sp³-hybridized carbons (Fsp3) is 0.364. The van der Waals surface area contributed by atoms with E-state index < -0.39 is 40.9 Å². The molecule has 4 nitrogen and oxygen atoms in total. The molecule has 0 spiro atoms. The summed E-state index contributed by atoms with van der Waals surface area (Å²) in [7, 11) is 0. The minimum absolute atomic E-state index is 0.135. The zero-order valence-electron chi connectivity index (χ0n) is 10.3. The molecule has 0 aliphatic heterocycles. The van der Waals surface area contributed by atoms with Crippen molar-refractivity contribution in [3.63, 3.8) is 0 Å². The van der Waals surface area contributed by atoms with Crippen LogP contribution >= 0.6 is 0 Å². The Labute approximate surface area is 110 Å². The first-order chi connectivity index (χ1) is 9.33. The lowest BCUT2D eigenvalue weighted by molar-refractivity contribution is 0.176. The molecule has 1 aromatic carbocycles. The van der Waals surface area contributed by atoms with E-state index in [0.29, 0.717) is 0 Å². The van der Waals surface area contributed by atoms with Crippen molar-refractivity contribution in [2.45, 2.75) is 25.9 Å². The van der Waals surface area contributed by atoms with Crippen LogP contribution in [0.3, 0.4) is 0 Å². The van der Waals surface area contributed by atoms with Gasteiger partial charge in [0.2, 0.25) is 29.1 Å². The number of ether oxygens (including phenoxy) is 1. The van der Waals surface area contributed by atoms with Crippen LogP contribution in [0, 0.1) is 29.1 Å². The SMILES string of the molecule is CCC(C/C(N)=N/O)Oc1c(F)c(F)c(F)c(F)c1F. The van der Waals surface area contributed by atoms with Gasteiger partial charge in [0, 0.05) is 6.42 Å². The molecular weight excluding hydrogens is 287 g/mol. The maximum atomic E-state index is 13.4. The maximum absolute atomic E-state index is 13.4. The Morgan fingerprint density at radius 2 is 1.55 bits per heavy atom. The van der Waals surface area contributed by atoms with E-state index in [-0.39, 0.29) is 18.7 Å². The van der Waals surface area contributed by atoms with Gasteiger partial charge in [-0.15, -0.1) is 0 Å². The highest BCUT2D eigenvalue weighted by Crippen LogP contribution is 2.30. The Balaban J connectivity index is 3.14. The van der Waals surface area contributed by atoms with Crippen LogP contribution in [0.5, 0.6) is 5.75 Å². The number of rotatable bonds is 5. The zero-order chi connectivity index (χ0) is 15.4. The van der Waals surface area contributed by atoms with Crippen molar-refractivity contribution < 1.29 is 31.9 Å². The van der Waals surface area contributed by atoms with E-state index in [2.05, 4.69) is 5.16 Å². The first-order valence-electron chi connectivity index (χ1n) is 5.47. The number of nitrogens with two attached hydrogens (primary N) is 1. The number of amidine groups is 1. The highest BCUT2D eigenvalue weighted by Gasteiger charge is 2.28. The summed E-state index contributed by atoms with van der Waals surface area (Å²) in [6.45, 7) is 1.53. The van der Waals surface area contributed by atoms with Gasteiger partial charge in [0.25, 0.3) is 0 Å². The number of oxime groups is 1. The molecule has 20 heavy (non-hydrogen) atoms. The highest BCUT2D eigenvalue weighted by molar-refractivity contribution is 5.80. The van der Waals surface area contributed by atoms with Crippen molar-refractivity contribution in [3.05, 3.63) is 29.1 Å². The second-order valence-corrected chi connectivity index (χ2v) is 3.84. The number of hydrogen-bond acceptors (Lipinski definition) is 3. The van der Waals surface area contributed by atoms with E-state index in [4.69, 9.17) is 15.7 Å². The summed E-state index contributed by atoms with van der Waals surface area (Å²) < 4.78 is 70.2. The normalized spacial score (nSPS) is 13.4. The fourth-order valence-electron chi connectivity index (χ4n) is 1.40. The van der Waals surface area contributed by atoms with Gasteiger partial charge in [-0.2, -0.15) is 8.78 Å². The molecule has 1 atom stereocenters. The molecule has 3 N–H and O–H groups in total. The standard InChI is InChI=1S/C11H11F5N2O2/c1-2-4(3-5(17)18-19)20-11-9(15)7(13)6(12)8(14)10(11)16/h4,19H,2-3H2,1H3,(H2,17,18). The zero-order valence-corrected chi connectivity index (χ0v) is 10.3. The Hall–Kier alpha value is -2.06. The predicted octanol–water partition coefficient (Wildman–Crippen LogP) is 2.68. The van der Waals surface area contributed by atoms with Gasteiger partial charge >= 0.3 is 0 Å². The molecular formula is C11H11F5N2O2. The molecule has 9 heteroatoms. The summed E-state index contributed by atoms with van der Waals surface area (Å²) in [6, 6.07) is 0. The van der Waals surface area contributed by atoms with Crippen LogP contribution in [0.15, 0.2) is 5.16 Å². The average molecular weight is 298 g/mol. The Morgan fingerprint density at radius 3 is 1.95 bits per heavy atom. The molecule has 0 aliphatic rings. The molecule has 0 saturated heterocycles. The lowest BCUT2D eigenvalue weighted by Crippen LogP contribution is -2.26. The smallest absolute Gasteiger partial charge is 0.207 e. The number of benzene rings is 1. The molecule has 0 saturated carbocycles. The first kappa shape index (κ1) is 16.0. The quantitative estimate of drug-likeness (QED) is 0.167. The first-order valence-corrected chi connectivity index (χ1v) is 5.47. The average Bonchev–Trinajstić information content (AvgIpc) is 2.45. The monoisotopic (exact) mass is 298 g/mol. The van der Waals surface area contributed by atoms with Gasteiger partial charge in [0.15, 0.2) is 5.75 Å². The Kier molecular flexibility index (Phi) is 5.12. The summed E-state index contributed by atoms with van der Waals surface area (Å²) in [5.41, 5.74) is 5.19. The van der Waals surface area contributed by atoms with Crippen molar-refractivity contribution >= 4 is 5.84 Å². The van der Waals surface area contributed by atoms with Crippen molar-refractivity contribution in [1.82, 2.24) is 0 Å². The second kappa shape index (κ2) is 6.40. The van der Waals surface area contributed by atoms with E-state index in [1.807, 2.05) is 0 Å².